The summed E-state index contributed by atoms with van der Waals surface area (Å²) in [6, 6.07) is 9.01. The lowest BCUT2D eigenvalue weighted by atomic mass is 10.1. The number of amides is 1. The Morgan fingerprint density at radius 1 is 1.29 bits per heavy atom. The molecule has 110 valence electrons. The van der Waals surface area contributed by atoms with Crippen LogP contribution in [0.1, 0.15) is 21.5 Å². The smallest absolute Gasteiger partial charge is 0.257 e. The molecule has 1 aromatic carbocycles. The summed E-state index contributed by atoms with van der Waals surface area (Å²) in [5.41, 5.74) is 2.53. The number of nitrogens with zero attached hydrogens (tertiary/aromatic N) is 2. The molecule has 0 saturated carbocycles. The van der Waals surface area contributed by atoms with Gasteiger partial charge in [-0.3, -0.25) is 4.79 Å². The lowest BCUT2D eigenvalue weighted by molar-refractivity contribution is 0.102. The summed E-state index contributed by atoms with van der Waals surface area (Å²) in [5.74, 6) is 0.368. The van der Waals surface area contributed by atoms with Crippen molar-refractivity contribution in [2.75, 3.05) is 19.4 Å². The number of carbonyl (C=O) groups is 1. The first kappa shape index (κ1) is 15.5. The van der Waals surface area contributed by atoms with Gasteiger partial charge in [0.05, 0.1) is 0 Å². The molecule has 0 unspecified atom stereocenters. The van der Waals surface area contributed by atoms with Gasteiger partial charge in [-0.25, -0.2) is 4.98 Å². The summed E-state index contributed by atoms with van der Waals surface area (Å²) in [7, 11) is 3.99. The van der Waals surface area contributed by atoms with Crippen LogP contribution in [0.3, 0.4) is 0 Å². The Kier molecular flexibility index (Phi) is 4.94. The predicted octanol–water partition coefficient (Wildman–Crippen LogP) is 3.36. The Labute approximate surface area is 129 Å². The van der Waals surface area contributed by atoms with E-state index < -0.39 is 0 Å². The van der Waals surface area contributed by atoms with Crippen molar-refractivity contribution < 1.29 is 4.79 Å². The lowest BCUT2D eigenvalue weighted by Gasteiger charge is -2.11. The standard InChI is InChI=1S/C16H18ClN3O/c1-11-8-13(17)4-5-14(11)16(21)19-15-9-12(6-7-18-15)10-20(2)3/h4-9H,10H2,1-3H3,(H,18,19,21). The van der Waals surface area contributed by atoms with E-state index in [0.717, 1.165) is 17.7 Å². The van der Waals surface area contributed by atoms with Gasteiger partial charge in [-0.1, -0.05) is 11.6 Å². The van der Waals surface area contributed by atoms with E-state index in [1.165, 1.54) is 0 Å². The number of aromatic nitrogens is 1. The van der Waals surface area contributed by atoms with Gasteiger partial charge in [-0.2, -0.15) is 0 Å². The van der Waals surface area contributed by atoms with E-state index in [9.17, 15) is 4.79 Å². The molecule has 1 heterocycles. The molecule has 0 bridgehead atoms. The average molecular weight is 304 g/mol. The number of pyridine rings is 1. The zero-order chi connectivity index (χ0) is 15.4. The normalized spacial score (nSPS) is 10.7. The first-order valence-corrected chi connectivity index (χ1v) is 7.00. The third kappa shape index (κ3) is 4.28. The van der Waals surface area contributed by atoms with Crippen LogP contribution >= 0.6 is 11.6 Å². The zero-order valence-corrected chi connectivity index (χ0v) is 13.1. The minimum atomic E-state index is -0.182. The monoisotopic (exact) mass is 303 g/mol. The molecule has 0 spiro atoms. The lowest BCUT2D eigenvalue weighted by Crippen LogP contribution is -2.15. The third-order valence-corrected chi connectivity index (χ3v) is 3.23. The van der Waals surface area contributed by atoms with Crippen LogP contribution in [0.25, 0.3) is 0 Å². The van der Waals surface area contributed by atoms with E-state index in [4.69, 9.17) is 11.6 Å². The first-order valence-electron chi connectivity index (χ1n) is 6.63. The molecular formula is C16H18ClN3O. The minimum absolute atomic E-state index is 0.182. The van der Waals surface area contributed by atoms with Crippen molar-refractivity contribution in [3.8, 4) is 0 Å². The fourth-order valence-corrected chi connectivity index (χ4v) is 2.30. The summed E-state index contributed by atoms with van der Waals surface area (Å²) in [6.45, 7) is 2.65. The molecule has 1 aromatic heterocycles. The van der Waals surface area contributed by atoms with Crippen molar-refractivity contribution in [1.82, 2.24) is 9.88 Å². The molecule has 0 aliphatic heterocycles. The highest BCUT2D eigenvalue weighted by atomic mass is 35.5. The summed E-state index contributed by atoms with van der Waals surface area (Å²) >= 11 is 5.90. The molecule has 1 amide bonds. The van der Waals surface area contributed by atoms with E-state index >= 15 is 0 Å². The number of aryl methyl sites for hydroxylation is 1. The number of hydrogen-bond donors (Lipinski definition) is 1. The molecule has 0 saturated heterocycles. The molecule has 21 heavy (non-hydrogen) atoms. The summed E-state index contributed by atoms with van der Waals surface area (Å²) < 4.78 is 0. The Hall–Kier alpha value is -1.91. The van der Waals surface area contributed by atoms with Gasteiger partial charge in [-0.05, 0) is 62.5 Å². The van der Waals surface area contributed by atoms with Gasteiger partial charge in [0.2, 0.25) is 0 Å². The number of anilines is 1. The number of benzene rings is 1. The Morgan fingerprint density at radius 3 is 2.71 bits per heavy atom. The fourth-order valence-electron chi connectivity index (χ4n) is 2.07. The number of carbonyl (C=O) groups excluding carboxylic acids is 1. The molecule has 0 radical (unpaired) electrons. The van der Waals surface area contributed by atoms with Gasteiger partial charge in [0, 0.05) is 23.3 Å². The van der Waals surface area contributed by atoms with Crippen LogP contribution < -0.4 is 5.32 Å². The van der Waals surface area contributed by atoms with Crippen molar-refractivity contribution in [1.29, 1.82) is 0 Å². The van der Waals surface area contributed by atoms with Crippen LogP contribution in [-0.4, -0.2) is 29.9 Å². The van der Waals surface area contributed by atoms with Gasteiger partial charge in [0.25, 0.3) is 5.91 Å². The minimum Gasteiger partial charge on any atom is -0.307 e. The highest BCUT2D eigenvalue weighted by Gasteiger charge is 2.10. The Bertz CT molecular complexity index is 656. The van der Waals surface area contributed by atoms with Crippen LogP contribution in [0.4, 0.5) is 5.82 Å². The van der Waals surface area contributed by atoms with Crippen LogP contribution in [0.15, 0.2) is 36.5 Å². The van der Waals surface area contributed by atoms with E-state index in [-0.39, 0.29) is 5.91 Å². The summed E-state index contributed by atoms with van der Waals surface area (Å²) in [5, 5.41) is 3.44. The second kappa shape index (κ2) is 6.70. The van der Waals surface area contributed by atoms with Crippen molar-refractivity contribution in [3.05, 3.63) is 58.2 Å². The highest BCUT2D eigenvalue weighted by Crippen LogP contribution is 2.17. The molecule has 0 aliphatic carbocycles. The van der Waals surface area contributed by atoms with Gasteiger partial charge in [0.1, 0.15) is 5.82 Å². The fraction of sp³-hybridized carbons (Fsp3) is 0.250. The molecular weight excluding hydrogens is 286 g/mol. The highest BCUT2D eigenvalue weighted by molar-refractivity contribution is 6.30. The second-order valence-electron chi connectivity index (χ2n) is 5.20. The first-order chi connectivity index (χ1) is 9.95. The molecule has 5 heteroatoms. The van der Waals surface area contributed by atoms with E-state index in [1.54, 1.807) is 24.4 Å². The summed E-state index contributed by atoms with van der Waals surface area (Å²) in [6.07, 6.45) is 1.70. The molecule has 2 aromatic rings. The van der Waals surface area contributed by atoms with Gasteiger partial charge < -0.3 is 10.2 Å². The number of halogens is 1. The predicted molar refractivity (Wildman–Crippen MR) is 85.8 cm³/mol. The van der Waals surface area contributed by atoms with Crippen LogP contribution in [0.5, 0.6) is 0 Å². The maximum atomic E-state index is 12.3. The van der Waals surface area contributed by atoms with Crippen molar-refractivity contribution in [3.63, 3.8) is 0 Å². The van der Waals surface area contributed by atoms with Crippen molar-refractivity contribution >= 4 is 23.3 Å². The zero-order valence-electron chi connectivity index (χ0n) is 12.4. The average Bonchev–Trinajstić information content (AvgIpc) is 2.37. The molecule has 0 aliphatic rings. The van der Waals surface area contributed by atoms with E-state index in [0.29, 0.717) is 16.4 Å². The van der Waals surface area contributed by atoms with E-state index in [1.807, 2.05) is 33.2 Å². The topological polar surface area (TPSA) is 45.2 Å². The number of hydrogen-bond acceptors (Lipinski definition) is 3. The molecule has 0 fully saturated rings. The maximum Gasteiger partial charge on any atom is 0.257 e. The summed E-state index contributed by atoms with van der Waals surface area (Å²) in [4.78, 5) is 18.5. The quantitative estimate of drug-likeness (QED) is 0.942. The van der Waals surface area contributed by atoms with Crippen molar-refractivity contribution in [2.24, 2.45) is 0 Å². The largest absolute Gasteiger partial charge is 0.307 e. The third-order valence-electron chi connectivity index (χ3n) is 3.00. The second-order valence-corrected chi connectivity index (χ2v) is 5.64. The number of rotatable bonds is 4. The number of nitrogens with one attached hydrogen (secondary N) is 1. The van der Waals surface area contributed by atoms with Gasteiger partial charge in [0.15, 0.2) is 0 Å². The van der Waals surface area contributed by atoms with Crippen LogP contribution in [0.2, 0.25) is 5.02 Å². The SMILES string of the molecule is Cc1cc(Cl)ccc1C(=O)Nc1cc(CN(C)C)ccn1. The van der Waals surface area contributed by atoms with E-state index in [2.05, 4.69) is 15.2 Å². The Morgan fingerprint density at radius 2 is 2.05 bits per heavy atom. The van der Waals surface area contributed by atoms with Crippen LogP contribution in [0, 0.1) is 6.92 Å². The molecule has 2 rings (SSSR count). The molecule has 4 nitrogen and oxygen atoms in total. The Balaban J connectivity index is 2.15. The molecule has 0 atom stereocenters. The van der Waals surface area contributed by atoms with Gasteiger partial charge >= 0.3 is 0 Å². The van der Waals surface area contributed by atoms with Gasteiger partial charge in [-0.15, -0.1) is 0 Å². The maximum absolute atomic E-state index is 12.3. The van der Waals surface area contributed by atoms with Crippen molar-refractivity contribution in [2.45, 2.75) is 13.5 Å². The van der Waals surface area contributed by atoms with Crippen LogP contribution in [-0.2, 0) is 6.54 Å². The molecule has 1 N–H and O–H groups in total.